The number of hydrogen-bond acceptors (Lipinski definition) is 5. The predicted molar refractivity (Wildman–Crippen MR) is 74.5 cm³/mol. The van der Waals surface area contributed by atoms with Gasteiger partial charge in [0.25, 0.3) is 5.56 Å². The molecule has 0 saturated heterocycles. The largest absolute Gasteiger partial charge is 0.473 e. The second-order valence-corrected chi connectivity index (χ2v) is 4.53. The quantitative estimate of drug-likeness (QED) is 0.656. The van der Waals surface area contributed by atoms with Crippen LogP contribution in [-0.2, 0) is 23.2 Å². The molecular weight excluding hydrogens is 282 g/mol. The summed E-state index contributed by atoms with van der Waals surface area (Å²) in [4.78, 5) is 43.2. The lowest BCUT2D eigenvalue weighted by atomic mass is 10.4. The summed E-state index contributed by atoms with van der Waals surface area (Å²) in [5.74, 6) is -3.65. The van der Waals surface area contributed by atoms with Crippen LogP contribution in [0.4, 0.5) is 0 Å². The standard InChI is InChI=1S/C10H17N3O2.C2H2O4/c1-8-7-9(14)12(4)10(15)13(8)6-5-11(2)3;3-1(4)2(5)6/h7H,5-6H2,1-4H3;(H,3,4)(H,5,6). The third kappa shape index (κ3) is 6.04. The summed E-state index contributed by atoms with van der Waals surface area (Å²) in [6.07, 6.45) is 0. The molecule has 0 unspecified atom stereocenters. The number of carboxylic acids is 2. The Morgan fingerprint density at radius 2 is 1.67 bits per heavy atom. The van der Waals surface area contributed by atoms with Crippen molar-refractivity contribution in [2.24, 2.45) is 7.05 Å². The van der Waals surface area contributed by atoms with Crippen LogP contribution in [0.3, 0.4) is 0 Å². The predicted octanol–water partition coefficient (Wildman–Crippen LogP) is -1.43. The minimum atomic E-state index is -1.82. The van der Waals surface area contributed by atoms with Crippen molar-refractivity contribution in [3.63, 3.8) is 0 Å². The van der Waals surface area contributed by atoms with Crippen LogP contribution in [-0.4, -0.2) is 56.8 Å². The lowest BCUT2D eigenvalue weighted by molar-refractivity contribution is -0.159. The van der Waals surface area contributed by atoms with Crippen LogP contribution in [0.1, 0.15) is 5.69 Å². The lowest BCUT2D eigenvalue weighted by Crippen LogP contribution is -2.40. The lowest BCUT2D eigenvalue weighted by Gasteiger charge is -2.14. The van der Waals surface area contributed by atoms with Crippen molar-refractivity contribution >= 4 is 11.9 Å². The van der Waals surface area contributed by atoms with Crippen molar-refractivity contribution in [2.75, 3.05) is 20.6 Å². The number of nitrogens with zero attached hydrogens (tertiary/aromatic N) is 3. The van der Waals surface area contributed by atoms with Crippen molar-refractivity contribution < 1.29 is 19.8 Å². The van der Waals surface area contributed by atoms with E-state index in [1.54, 1.807) is 11.5 Å². The van der Waals surface area contributed by atoms with Crippen molar-refractivity contribution in [3.05, 3.63) is 32.6 Å². The summed E-state index contributed by atoms with van der Waals surface area (Å²) >= 11 is 0. The Labute approximate surface area is 120 Å². The molecule has 0 radical (unpaired) electrons. The Bertz CT molecular complexity index is 617. The molecule has 0 amide bonds. The van der Waals surface area contributed by atoms with Crippen molar-refractivity contribution in [1.29, 1.82) is 0 Å². The molecule has 2 N–H and O–H groups in total. The van der Waals surface area contributed by atoms with Crippen molar-refractivity contribution in [3.8, 4) is 0 Å². The molecule has 0 atom stereocenters. The van der Waals surface area contributed by atoms with Crippen LogP contribution in [0.25, 0.3) is 0 Å². The molecule has 9 heteroatoms. The molecule has 0 aliphatic heterocycles. The van der Waals surface area contributed by atoms with E-state index in [0.717, 1.165) is 11.1 Å². The number of carboxylic acid groups (broad SMARTS) is 2. The Hall–Kier alpha value is -2.42. The average molecular weight is 301 g/mol. The summed E-state index contributed by atoms with van der Waals surface area (Å²) in [6, 6.07) is 1.48. The van der Waals surface area contributed by atoms with Crippen LogP contribution in [0.15, 0.2) is 15.7 Å². The number of likely N-dealkylation sites (N-methyl/N-ethyl adjacent to an activating group) is 1. The molecule has 0 aliphatic rings. The van der Waals surface area contributed by atoms with E-state index >= 15 is 0 Å². The highest BCUT2D eigenvalue weighted by atomic mass is 16.4. The van der Waals surface area contributed by atoms with E-state index in [9.17, 15) is 9.59 Å². The molecule has 0 bridgehead atoms. The van der Waals surface area contributed by atoms with Gasteiger partial charge in [0.2, 0.25) is 0 Å². The monoisotopic (exact) mass is 301 g/mol. The molecule has 0 spiro atoms. The molecule has 0 fully saturated rings. The maximum Gasteiger partial charge on any atom is 0.414 e. The average Bonchev–Trinajstić information content (AvgIpc) is 2.36. The van der Waals surface area contributed by atoms with E-state index in [2.05, 4.69) is 0 Å². The number of rotatable bonds is 3. The molecule has 9 nitrogen and oxygen atoms in total. The fourth-order valence-corrected chi connectivity index (χ4v) is 1.35. The summed E-state index contributed by atoms with van der Waals surface area (Å²) < 4.78 is 2.74. The van der Waals surface area contributed by atoms with Gasteiger partial charge in [0, 0.05) is 31.9 Å². The van der Waals surface area contributed by atoms with Gasteiger partial charge in [0.1, 0.15) is 0 Å². The smallest absolute Gasteiger partial charge is 0.414 e. The van der Waals surface area contributed by atoms with Crippen LogP contribution in [0.2, 0.25) is 0 Å². The van der Waals surface area contributed by atoms with E-state index < -0.39 is 11.9 Å². The van der Waals surface area contributed by atoms with E-state index in [-0.39, 0.29) is 11.2 Å². The molecule has 1 heterocycles. The van der Waals surface area contributed by atoms with Gasteiger partial charge in [-0.25, -0.2) is 14.4 Å². The molecule has 1 aromatic rings. The molecule has 1 rings (SSSR count). The molecule has 21 heavy (non-hydrogen) atoms. The number of hydrogen-bond donors (Lipinski definition) is 2. The Balaban J connectivity index is 0.000000567. The maximum atomic E-state index is 11.7. The first-order valence-electron chi connectivity index (χ1n) is 5.96. The summed E-state index contributed by atoms with van der Waals surface area (Å²) in [6.45, 7) is 3.16. The number of carbonyl (C=O) groups is 2. The Morgan fingerprint density at radius 1 is 1.19 bits per heavy atom. The van der Waals surface area contributed by atoms with Crippen molar-refractivity contribution in [1.82, 2.24) is 14.0 Å². The van der Waals surface area contributed by atoms with Gasteiger partial charge in [-0.15, -0.1) is 0 Å². The Kier molecular flexibility index (Phi) is 7.08. The van der Waals surface area contributed by atoms with Gasteiger partial charge in [-0.3, -0.25) is 13.9 Å². The van der Waals surface area contributed by atoms with E-state index in [0.29, 0.717) is 12.2 Å². The number of aromatic nitrogens is 2. The van der Waals surface area contributed by atoms with Gasteiger partial charge in [-0.1, -0.05) is 0 Å². The van der Waals surface area contributed by atoms with Crippen LogP contribution in [0.5, 0.6) is 0 Å². The van der Waals surface area contributed by atoms with Crippen molar-refractivity contribution in [2.45, 2.75) is 13.5 Å². The van der Waals surface area contributed by atoms with E-state index in [4.69, 9.17) is 19.8 Å². The SMILES string of the molecule is Cc1cc(=O)n(C)c(=O)n1CCN(C)C.O=C(O)C(=O)O. The van der Waals surface area contributed by atoms with Crippen LogP contribution >= 0.6 is 0 Å². The van der Waals surface area contributed by atoms with Gasteiger partial charge in [0.05, 0.1) is 0 Å². The van der Waals surface area contributed by atoms with Gasteiger partial charge in [0.15, 0.2) is 0 Å². The first-order valence-corrected chi connectivity index (χ1v) is 5.96. The van der Waals surface area contributed by atoms with Gasteiger partial charge < -0.3 is 15.1 Å². The first-order chi connectivity index (χ1) is 9.57. The zero-order chi connectivity index (χ0) is 16.7. The molecule has 0 saturated carbocycles. The molecule has 0 aromatic carbocycles. The fourth-order valence-electron chi connectivity index (χ4n) is 1.35. The van der Waals surface area contributed by atoms with E-state index in [1.807, 2.05) is 19.0 Å². The highest BCUT2D eigenvalue weighted by Crippen LogP contribution is 1.90. The minimum absolute atomic E-state index is 0.248. The van der Waals surface area contributed by atoms with Crippen LogP contribution < -0.4 is 11.2 Å². The number of aliphatic carboxylic acids is 2. The molecular formula is C12H19N3O6. The zero-order valence-corrected chi connectivity index (χ0v) is 12.4. The Morgan fingerprint density at radius 3 is 2.05 bits per heavy atom. The molecule has 118 valence electrons. The second-order valence-electron chi connectivity index (χ2n) is 4.53. The summed E-state index contributed by atoms with van der Waals surface area (Å²) in [5, 5.41) is 14.8. The first kappa shape index (κ1) is 18.6. The van der Waals surface area contributed by atoms with Gasteiger partial charge >= 0.3 is 17.6 Å². The topological polar surface area (TPSA) is 122 Å². The fraction of sp³-hybridized carbons (Fsp3) is 0.500. The van der Waals surface area contributed by atoms with Crippen LogP contribution in [0, 0.1) is 6.92 Å². The van der Waals surface area contributed by atoms with Gasteiger partial charge in [-0.2, -0.15) is 0 Å². The number of aryl methyl sites for hydroxylation is 1. The third-order valence-electron chi connectivity index (χ3n) is 2.56. The highest BCUT2D eigenvalue weighted by Gasteiger charge is 2.05. The maximum absolute atomic E-state index is 11.7. The zero-order valence-electron chi connectivity index (χ0n) is 12.4. The second kappa shape index (κ2) is 8.00. The molecule has 1 aromatic heterocycles. The van der Waals surface area contributed by atoms with E-state index in [1.165, 1.54) is 13.1 Å². The minimum Gasteiger partial charge on any atom is -0.473 e. The highest BCUT2D eigenvalue weighted by molar-refractivity contribution is 6.27. The normalized spacial score (nSPS) is 9.95. The molecule has 0 aliphatic carbocycles. The summed E-state index contributed by atoms with van der Waals surface area (Å²) in [7, 11) is 5.39. The summed E-state index contributed by atoms with van der Waals surface area (Å²) in [5.41, 5.74) is 0.213. The van der Waals surface area contributed by atoms with Gasteiger partial charge in [-0.05, 0) is 21.0 Å². The third-order valence-corrected chi connectivity index (χ3v) is 2.56.